The smallest absolute Gasteiger partial charge is 0.264 e. The van der Waals surface area contributed by atoms with Gasteiger partial charge in [-0.1, -0.05) is 25.3 Å². The second kappa shape index (κ2) is 9.71. The van der Waals surface area contributed by atoms with Crippen LogP contribution in [0.25, 0.3) is 0 Å². The summed E-state index contributed by atoms with van der Waals surface area (Å²) in [4.78, 5) is 35.8. The van der Waals surface area contributed by atoms with E-state index < -0.39 is 0 Å². The van der Waals surface area contributed by atoms with Crippen molar-refractivity contribution in [1.82, 2.24) is 14.8 Å². The van der Waals surface area contributed by atoms with Crippen LogP contribution in [-0.4, -0.2) is 58.4 Å². The Morgan fingerprint density at radius 1 is 1.20 bits per heavy atom. The summed E-state index contributed by atoms with van der Waals surface area (Å²) in [7, 11) is 0. The van der Waals surface area contributed by atoms with E-state index in [4.69, 9.17) is 4.74 Å². The van der Waals surface area contributed by atoms with E-state index in [0.29, 0.717) is 24.6 Å². The molecule has 1 atom stereocenters. The molecule has 2 aromatic heterocycles. The Hall–Kier alpha value is -2.25. The molecule has 2 aromatic rings. The van der Waals surface area contributed by atoms with Crippen molar-refractivity contribution in [2.75, 3.05) is 19.6 Å². The average molecular weight is 428 g/mol. The maximum Gasteiger partial charge on any atom is 0.264 e. The van der Waals surface area contributed by atoms with Crippen molar-refractivity contribution in [3.8, 4) is 0 Å². The quantitative estimate of drug-likeness (QED) is 0.731. The van der Waals surface area contributed by atoms with Gasteiger partial charge in [0.15, 0.2) is 0 Å². The summed E-state index contributed by atoms with van der Waals surface area (Å²) in [6.45, 7) is 3.49. The molecule has 6 nitrogen and oxygen atoms in total. The van der Waals surface area contributed by atoms with Gasteiger partial charge in [-0.25, -0.2) is 0 Å². The summed E-state index contributed by atoms with van der Waals surface area (Å²) in [5.41, 5.74) is 0.990. The van der Waals surface area contributed by atoms with E-state index in [2.05, 4.69) is 4.98 Å². The fourth-order valence-corrected chi connectivity index (χ4v) is 5.19. The summed E-state index contributed by atoms with van der Waals surface area (Å²) in [5.74, 6) is -0.0436. The maximum absolute atomic E-state index is 13.2. The molecule has 2 amide bonds. The Balaban J connectivity index is 1.52. The van der Waals surface area contributed by atoms with Crippen LogP contribution in [0, 0.1) is 6.92 Å². The Morgan fingerprint density at radius 2 is 2.03 bits per heavy atom. The SMILES string of the molecule is Cc1ccc(C(=O)N2CC(=O)N(C3CCCCC3)C[C@H](OCc3cccnc3)C2)s1. The number of thiophene rings is 1. The van der Waals surface area contributed by atoms with Gasteiger partial charge in [0, 0.05) is 36.4 Å². The van der Waals surface area contributed by atoms with Crippen molar-refractivity contribution >= 4 is 23.2 Å². The number of ether oxygens (including phenoxy) is 1. The van der Waals surface area contributed by atoms with Gasteiger partial charge in [-0.15, -0.1) is 11.3 Å². The van der Waals surface area contributed by atoms with Crippen LogP contribution in [0.15, 0.2) is 36.7 Å². The molecular formula is C23H29N3O3S. The number of rotatable bonds is 5. The van der Waals surface area contributed by atoms with Crippen LogP contribution in [0.3, 0.4) is 0 Å². The largest absolute Gasteiger partial charge is 0.370 e. The monoisotopic (exact) mass is 427 g/mol. The van der Waals surface area contributed by atoms with Gasteiger partial charge in [0.05, 0.1) is 17.6 Å². The first kappa shape index (κ1) is 21.0. The Bertz CT molecular complexity index is 864. The number of nitrogens with zero attached hydrogens (tertiary/aromatic N) is 3. The lowest BCUT2D eigenvalue weighted by atomic mass is 9.94. The minimum atomic E-state index is -0.219. The van der Waals surface area contributed by atoms with Gasteiger partial charge in [0.2, 0.25) is 5.91 Å². The van der Waals surface area contributed by atoms with E-state index in [1.54, 1.807) is 17.3 Å². The van der Waals surface area contributed by atoms with E-state index in [0.717, 1.165) is 36.1 Å². The van der Waals surface area contributed by atoms with Gasteiger partial charge in [0.1, 0.15) is 6.54 Å². The van der Waals surface area contributed by atoms with Crippen LogP contribution in [0.4, 0.5) is 0 Å². The van der Waals surface area contributed by atoms with Crippen LogP contribution in [0.1, 0.15) is 52.2 Å². The van der Waals surface area contributed by atoms with Gasteiger partial charge in [-0.3, -0.25) is 14.6 Å². The van der Waals surface area contributed by atoms with Crippen molar-refractivity contribution < 1.29 is 14.3 Å². The maximum atomic E-state index is 13.2. The topological polar surface area (TPSA) is 62.7 Å². The molecule has 0 radical (unpaired) electrons. The van der Waals surface area contributed by atoms with E-state index in [9.17, 15) is 9.59 Å². The van der Waals surface area contributed by atoms with Crippen molar-refractivity contribution in [1.29, 1.82) is 0 Å². The van der Waals surface area contributed by atoms with Crippen molar-refractivity contribution in [2.24, 2.45) is 0 Å². The number of carbonyl (C=O) groups is 2. The highest BCUT2D eigenvalue weighted by Crippen LogP contribution is 2.26. The normalized spacial score (nSPS) is 21.0. The molecule has 4 rings (SSSR count). The molecule has 2 aliphatic rings. The molecular weight excluding hydrogens is 398 g/mol. The molecule has 160 valence electrons. The third kappa shape index (κ3) is 5.08. The molecule has 1 saturated carbocycles. The standard InChI is InChI=1S/C23H29N3O3S/c1-17-9-10-21(30-17)23(28)25-13-20(29-16-18-6-5-11-24-12-18)14-26(22(27)15-25)19-7-3-2-4-8-19/h5-6,9-12,19-20H,2-4,7-8,13-16H2,1H3/t20-/m1/s1. The molecule has 3 heterocycles. The number of aromatic nitrogens is 1. The number of carbonyl (C=O) groups excluding carboxylic acids is 2. The summed E-state index contributed by atoms with van der Waals surface area (Å²) in [6.07, 6.45) is 8.95. The number of pyridine rings is 1. The van der Waals surface area contributed by atoms with Gasteiger partial charge < -0.3 is 14.5 Å². The molecule has 1 saturated heterocycles. The number of amides is 2. The van der Waals surface area contributed by atoms with Gasteiger partial charge in [0.25, 0.3) is 5.91 Å². The molecule has 0 bridgehead atoms. The van der Waals surface area contributed by atoms with Gasteiger partial charge in [-0.2, -0.15) is 0 Å². The second-order valence-electron chi connectivity index (χ2n) is 8.23. The summed E-state index contributed by atoms with van der Waals surface area (Å²) in [5, 5.41) is 0. The van der Waals surface area contributed by atoms with E-state index in [1.165, 1.54) is 17.8 Å². The predicted molar refractivity (Wildman–Crippen MR) is 116 cm³/mol. The fraction of sp³-hybridized carbons (Fsp3) is 0.522. The van der Waals surface area contributed by atoms with Crippen molar-refractivity contribution in [3.63, 3.8) is 0 Å². The molecule has 30 heavy (non-hydrogen) atoms. The number of hydrogen-bond acceptors (Lipinski definition) is 5. The van der Waals surface area contributed by atoms with Crippen LogP contribution in [0.5, 0.6) is 0 Å². The highest BCUT2D eigenvalue weighted by molar-refractivity contribution is 7.13. The lowest BCUT2D eigenvalue weighted by Crippen LogP contribution is -2.46. The average Bonchev–Trinajstić information content (AvgIpc) is 3.14. The molecule has 1 aliphatic heterocycles. The molecule has 0 unspecified atom stereocenters. The zero-order valence-electron chi connectivity index (χ0n) is 17.5. The third-order valence-electron chi connectivity index (χ3n) is 5.93. The summed E-state index contributed by atoms with van der Waals surface area (Å²) < 4.78 is 6.22. The van der Waals surface area contributed by atoms with Crippen LogP contribution in [0.2, 0.25) is 0 Å². The lowest BCUT2D eigenvalue weighted by Gasteiger charge is -2.34. The first-order chi connectivity index (χ1) is 14.6. The number of aryl methyl sites for hydroxylation is 1. The van der Waals surface area contributed by atoms with Crippen molar-refractivity contribution in [3.05, 3.63) is 52.0 Å². The second-order valence-corrected chi connectivity index (χ2v) is 9.52. The highest BCUT2D eigenvalue weighted by Gasteiger charge is 2.35. The van der Waals surface area contributed by atoms with Crippen LogP contribution < -0.4 is 0 Å². The Labute approximate surface area is 181 Å². The molecule has 1 aliphatic carbocycles. The molecule has 7 heteroatoms. The molecule has 0 aromatic carbocycles. The van der Waals surface area contributed by atoms with Crippen LogP contribution >= 0.6 is 11.3 Å². The highest BCUT2D eigenvalue weighted by atomic mass is 32.1. The van der Waals surface area contributed by atoms with E-state index >= 15 is 0 Å². The predicted octanol–water partition coefficient (Wildman–Crippen LogP) is 3.65. The zero-order chi connectivity index (χ0) is 20.9. The van der Waals surface area contributed by atoms with E-state index in [-0.39, 0.29) is 30.5 Å². The Morgan fingerprint density at radius 3 is 2.73 bits per heavy atom. The molecule has 0 N–H and O–H groups in total. The van der Waals surface area contributed by atoms with Gasteiger partial charge >= 0.3 is 0 Å². The molecule has 2 fully saturated rings. The molecule has 0 spiro atoms. The fourth-order valence-electron chi connectivity index (χ4n) is 4.35. The first-order valence-electron chi connectivity index (χ1n) is 10.8. The Kier molecular flexibility index (Phi) is 6.79. The minimum Gasteiger partial charge on any atom is -0.370 e. The summed E-state index contributed by atoms with van der Waals surface area (Å²) in [6, 6.07) is 7.92. The summed E-state index contributed by atoms with van der Waals surface area (Å²) >= 11 is 1.47. The van der Waals surface area contributed by atoms with Crippen molar-refractivity contribution in [2.45, 2.75) is 57.8 Å². The number of hydrogen-bond donors (Lipinski definition) is 0. The lowest BCUT2D eigenvalue weighted by molar-refractivity contribution is -0.134. The first-order valence-corrected chi connectivity index (χ1v) is 11.6. The zero-order valence-corrected chi connectivity index (χ0v) is 18.3. The third-order valence-corrected chi connectivity index (χ3v) is 6.92. The van der Waals surface area contributed by atoms with Gasteiger partial charge in [-0.05, 0) is 43.5 Å². The minimum absolute atomic E-state index is 0.0380. The van der Waals surface area contributed by atoms with E-state index in [1.807, 2.05) is 36.1 Å². The van der Waals surface area contributed by atoms with Crippen LogP contribution in [-0.2, 0) is 16.1 Å².